The number of allylic oxidation sites excluding steroid dienone is 3. The molecule has 0 unspecified atom stereocenters. The third-order valence-corrected chi connectivity index (χ3v) is 6.53. The van der Waals surface area contributed by atoms with Crippen LogP contribution in [-0.4, -0.2) is 25.8 Å². The highest BCUT2D eigenvalue weighted by molar-refractivity contribution is 7.09. The predicted octanol–water partition coefficient (Wildman–Crippen LogP) is 3.49. The van der Waals surface area contributed by atoms with Crippen LogP contribution in [0, 0.1) is 6.92 Å². The van der Waals surface area contributed by atoms with Crippen LogP contribution >= 0.6 is 11.3 Å². The predicted molar refractivity (Wildman–Crippen MR) is 131 cm³/mol. The summed E-state index contributed by atoms with van der Waals surface area (Å²) >= 11 is 1.55. The van der Waals surface area contributed by atoms with Crippen LogP contribution in [0.2, 0.25) is 0 Å². The Labute approximate surface area is 196 Å². The molecule has 3 aromatic rings. The Bertz CT molecular complexity index is 1220. The zero-order chi connectivity index (χ0) is 23.4. The third-order valence-electron chi connectivity index (χ3n) is 5.76. The van der Waals surface area contributed by atoms with Crippen LogP contribution in [0.4, 0.5) is 5.95 Å². The zero-order valence-corrected chi connectivity index (χ0v) is 19.1. The number of hydrogen-bond acceptors (Lipinski definition) is 8. The summed E-state index contributed by atoms with van der Waals surface area (Å²) in [7, 11) is 0. The summed E-state index contributed by atoms with van der Waals surface area (Å²) in [6.07, 6.45) is 12.5. The third kappa shape index (κ3) is 4.68. The number of pyridine rings is 1. The lowest BCUT2D eigenvalue weighted by Crippen LogP contribution is -2.48. The van der Waals surface area contributed by atoms with Crippen molar-refractivity contribution in [3.8, 4) is 11.3 Å². The van der Waals surface area contributed by atoms with Gasteiger partial charge >= 0.3 is 0 Å². The standard InChI is InChI=1S/C24H25N7OS/c1-15(4-5-17(10-25)21-14-33-16(2)31-21)30-22(32)24(8-3-9-24)19-6-7-20(27-13-19)18-11-28-23(26)29-12-18/h4-7,10-14H,1,3,8-9,25H2,2H3,(H,30,32)(H2,26,28,29)/b5-4-,17-10+. The second kappa shape index (κ2) is 9.33. The molecular weight excluding hydrogens is 434 g/mol. The molecule has 0 saturated heterocycles. The van der Waals surface area contributed by atoms with Gasteiger partial charge < -0.3 is 16.8 Å². The van der Waals surface area contributed by atoms with Crippen molar-refractivity contribution >= 4 is 28.8 Å². The van der Waals surface area contributed by atoms with Crippen molar-refractivity contribution < 1.29 is 4.79 Å². The molecular formula is C24H25N7OS. The second-order valence-electron chi connectivity index (χ2n) is 7.88. The lowest BCUT2D eigenvalue weighted by molar-refractivity contribution is -0.129. The molecule has 0 aromatic carbocycles. The Morgan fingerprint density at radius 1 is 1.18 bits per heavy atom. The number of nitrogen functional groups attached to an aromatic ring is 1. The smallest absolute Gasteiger partial charge is 0.235 e. The maximum absolute atomic E-state index is 13.2. The Kier molecular flexibility index (Phi) is 6.32. The van der Waals surface area contributed by atoms with Gasteiger partial charge in [-0.05, 0) is 43.5 Å². The molecule has 0 bridgehead atoms. The monoisotopic (exact) mass is 459 g/mol. The summed E-state index contributed by atoms with van der Waals surface area (Å²) in [6, 6.07) is 3.82. The van der Waals surface area contributed by atoms with Crippen LogP contribution in [0.1, 0.15) is 35.5 Å². The van der Waals surface area contributed by atoms with Crippen LogP contribution in [0.15, 0.2) is 66.7 Å². The minimum absolute atomic E-state index is 0.0865. The molecule has 0 spiro atoms. The summed E-state index contributed by atoms with van der Waals surface area (Å²) < 4.78 is 0. The molecule has 0 aliphatic heterocycles. The number of thiazole rings is 1. The van der Waals surface area contributed by atoms with E-state index in [0.717, 1.165) is 52.4 Å². The molecule has 3 heterocycles. The molecule has 4 rings (SSSR count). The average molecular weight is 460 g/mol. The number of amides is 1. The van der Waals surface area contributed by atoms with E-state index >= 15 is 0 Å². The molecule has 1 amide bonds. The Morgan fingerprint density at radius 3 is 2.48 bits per heavy atom. The topological polar surface area (TPSA) is 133 Å². The second-order valence-corrected chi connectivity index (χ2v) is 8.95. The average Bonchev–Trinajstić information content (AvgIpc) is 3.20. The van der Waals surface area contributed by atoms with Crippen LogP contribution in [0.3, 0.4) is 0 Å². The van der Waals surface area contributed by atoms with Gasteiger partial charge in [0.2, 0.25) is 11.9 Å². The van der Waals surface area contributed by atoms with Gasteiger partial charge in [0, 0.05) is 47.0 Å². The fourth-order valence-corrected chi connectivity index (χ4v) is 4.34. The van der Waals surface area contributed by atoms with Gasteiger partial charge in [0.1, 0.15) is 0 Å². The highest BCUT2D eigenvalue weighted by Gasteiger charge is 2.45. The van der Waals surface area contributed by atoms with E-state index in [2.05, 4.69) is 31.8 Å². The molecule has 9 heteroatoms. The summed E-state index contributed by atoms with van der Waals surface area (Å²) in [5.41, 5.74) is 15.1. The minimum Gasteiger partial charge on any atom is -0.404 e. The lowest BCUT2D eigenvalue weighted by atomic mass is 9.64. The van der Waals surface area contributed by atoms with Gasteiger partial charge in [-0.2, -0.15) is 0 Å². The molecule has 5 N–H and O–H groups in total. The van der Waals surface area contributed by atoms with Crippen molar-refractivity contribution in [1.29, 1.82) is 0 Å². The van der Waals surface area contributed by atoms with E-state index in [0.29, 0.717) is 5.70 Å². The Hall–Kier alpha value is -3.85. The van der Waals surface area contributed by atoms with Gasteiger partial charge in [0.25, 0.3) is 0 Å². The molecule has 1 aliphatic rings. The van der Waals surface area contributed by atoms with Gasteiger partial charge in [-0.15, -0.1) is 11.3 Å². The van der Waals surface area contributed by atoms with E-state index in [-0.39, 0.29) is 11.9 Å². The van der Waals surface area contributed by atoms with E-state index < -0.39 is 5.41 Å². The maximum atomic E-state index is 13.2. The number of carbonyl (C=O) groups excluding carboxylic acids is 1. The number of carbonyl (C=O) groups is 1. The first kappa shape index (κ1) is 22.3. The first-order valence-electron chi connectivity index (χ1n) is 10.5. The van der Waals surface area contributed by atoms with Crippen molar-refractivity contribution in [1.82, 2.24) is 25.3 Å². The first-order chi connectivity index (χ1) is 15.9. The van der Waals surface area contributed by atoms with E-state index in [9.17, 15) is 4.79 Å². The first-order valence-corrected chi connectivity index (χ1v) is 11.4. The number of nitrogens with one attached hydrogen (secondary N) is 1. The van der Waals surface area contributed by atoms with Gasteiger partial charge in [0.05, 0.1) is 21.8 Å². The normalized spacial score (nSPS) is 15.2. The summed E-state index contributed by atoms with van der Waals surface area (Å²) in [6.45, 7) is 5.92. The molecule has 33 heavy (non-hydrogen) atoms. The Morgan fingerprint density at radius 2 is 1.94 bits per heavy atom. The van der Waals surface area contributed by atoms with E-state index in [1.165, 1.54) is 6.20 Å². The van der Waals surface area contributed by atoms with Gasteiger partial charge in [0.15, 0.2) is 0 Å². The maximum Gasteiger partial charge on any atom is 0.235 e. The lowest BCUT2D eigenvalue weighted by Gasteiger charge is -2.40. The van der Waals surface area contributed by atoms with E-state index in [1.807, 2.05) is 24.4 Å². The number of nitrogens with two attached hydrogens (primary N) is 2. The molecule has 1 saturated carbocycles. The highest BCUT2D eigenvalue weighted by atomic mass is 32.1. The van der Waals surface area contributed by atoms with E-state index in [4.69, 9.17) is 11.5 Å². The largest absolute Gasteiger partial charge is 0.404 e. The number of nitrogens with zero attached hydrogens (tertiary/aromatic N) is 4. The zero-order valence-electron chi connectivity index (χ0n) is 18.3. The SMILES string of the molecule is C=C(/C=C\C(=C/N)c1csc(C)n1)NC(=O)C1(c2ccc(-c3cnc(N)nc3)nc2)CCC1. The fraction of sp³-hybridized carbons (Fsp3) is 0.208. The van der Waals surface area contributed by atoms with Crippen molar-refractivity contribution in [2.24, 2.45) is 5.73 Å². The summed E-state index contributed by atoms with van der Waals surface area (Å²) in [4.78, 5) is 30.2. The van der Waals surface area contributed by atoms with E-state index in [1.54, 1.807) is 42.1 Å². The molecule has 1 aliphatic carbocycles. The van der Waals surface area contributed by atoms with Crippen molar-refractivity contribution in [2.45, 2.75) is 31.6 Å². The van der Waals surface area contributed by atoms with Crippen molar-refractivity contribution in [2.75, 3.05) is 5.73 Å². The number of aromatic nitrogens is 4. The molecule has 0 atom stereocenters. The highest BCUT2D eigenvalue weighted by Crippen LogP contribution is 2.44. The Balaban J connectivity index is 1.46. The molecule has 1 fully saturated rings. The molecule has 168 valence electrons. The summed E-state index contributed by atoms with van der Waals surface area (Å²) in [5, 5.41) is 5.84. The van der Waals surface area contributed by atoms with Gasteiger partial charge in [-0.25, -0.2) is 15.0 Å². The quantitative estimate of drug-likeness (QED) is 0.461. The number of rotatable bonds is 7. The van der Waals surface area contributed by atoms with Crippen LogP contribution in [0.5, 0.6) is 0 Å². The number of anilines is 1. The summed E-state index contributed by atoms with van der Waals surface area (Å²) in [5.74, 6) is 0.127. The van der Waals surface area contributed by atoms with Crippen LogP contribution in [-0.2, 0) is 10.2 Å². The van der Waals surface area contributed by atoms with Crippen molar-refractivity contribution in [3.63, 3.8) is 0 Å². The molecule has 8 nitrogen and oxygen atoms in total. The van der Waals surface area contributed by atoms with Crippen LogP contribution in [0.25, 0.3) is 16.8 Å². The number of hydrogen-bond donors (Lipinski definition) is 3. The number of aryl methyl sites for hydroxylation is 1. The van der Waals surface area contributed by atoms with Gasteiger partial charge in [-0.1, -0.05) is 19.1 Å². The van der Waals surface area contributed by atoms with Crippen molar-refractivity contribution in [3.05, 3.63) is 83.0 Å². The molecule has 0 radical (unpaired) electrons. The van der Waals surface area contributed by atoms with Crippen LogP contribution < -0.4 is 16.8 Å². The van der Waals surface area contributed by atoms with Gasteiger partial charge in [-0.3, -0.25) is 9.78 Å². The fourth-order valence-electron chi connectivity index (χ4n) is 3.71. The molecule has 3 aromatic heterocycles. The minimum atomic E-state index is -0.613.